The van der Waals surface area contributed by atoms with Gasteiger partial charge in [-0.2, -0.15) is 0 Å². The van der Waals surface area contributed by atoms with Crippen molar-refractivity contribution in [3.8, 4) is 0 Å². The quantitative estimate of drug-likeness (QED) is 0.384. The molecule has 1 fully saturated rings. The van der Waals surface area contributed by atoms with E-state index in [0.717, 1.165) is 43.3 Å². The van der Waals surface area contributed by atoms with E-state index in [1.807, 2.05) is 19.1 Å². The Morgan fingerprint density at radius 3 is 2.62 bits per heavy atom. The van der Waals surface area contributed by atoms with E-state index in [1.165, 1.54) is 0 Å². The van der Waals surface area contributed by atoms with Crippen LogP contribution < -0.4 is 5.73 Å². The largest absolute Gasteiger partial charge is 0.409 e. The lowest BCUT2D eigenvalue weighted by molar-refractivity contribution is 0.116. The number of amidine groups is 1. The first-order valence-electron chi connectivity index (χ1n) is 6.89. The van der Waals surface area contributed by atoms with Crippen LogP contribution in [0.1, 0.15) is 12.5 Å². The van der Waals surface area contributed by atoms with Crippen molar-refractivity contribution < 1.29 is 5.21 Å². The zero-order valence-corrected chi connectivity index (χ0v) is 13.5. The second-order valence-electron chi connectivity index (χ2n) is 5.25. The molecule has 1 saturated heterocycles. The lowest BCUT2D eigenvalue weighted by atomic mass is 10.1. The van der Waals surface area contributed by atoms with Crippen LogP contribution in [0.4, 0.5) is 0 Å². The minimum atomic E-state index is -0.0492. The average Bonchev–Trinajstić information content (AvgIpc) is 2.50. The van der Waals surface area contributed by atoms with E-state index in [-0.39, 0.29) is 11.9 Å². The SMILES string of the molecule is CC(C(N)=NO)N1CCN(Cc2cc(Cl)ccc2Cl)CC1. The van der Waals surface area contributed by atoms with Gasteiger partial charge in [-0.15, -0.1) is 0 Å². The fraction of sp³-hybridized carbons (Fsp3) is 0.500. The predicted octanol–water partition coefficient (Wildman–Crippen LogP) is 2.25. The summed E-state index contributed by atoms with van der Waals surface area (Å²) in [6, 6.07) is 5.49. The van der Waals surface area contributed by atoms with E-state index in [2.05, 4.69) is 15.0 Å². The predicted molar refractivity (Wildman–Crippen MR) is 86.2 cm³/mol. The van der Waals surface area contributed by atoms with Crippen LogP contribution in [0.25, 0.3) is 0 Å². The van der Waals surface area contributed by atoms with Gasteiger partial charge in [0.2, 0.25) is 0 Å². The number of halogens is 2. The first kappa shape index (κ1) is 16.4. The molecular weight excluding hydrogens is 311 g/mol. The van der Waals surface area contributed by atoms with Crippen LogP contribution in [-0.2, 0) is 6.54 Å². The van der Waals surface area contributed by atoms with Gasteiger partial charge in [0.05, 0.1) is 6.04 Å². The summed E-state index contributed by atoms with van der Waals surface area (Å²) in [5.74, 6) is 0.251. The molecule has 116 valence electrons. The van der Waals surface area contributed by atoms with Crippen LogP contribution in [0.3, 0.4) is 0 Å². The summed E-state index contributed by atoms with van der Waals surface area (Å²) in [5, 5.41) is 13.3. The number of benzene rings is 1. The van der Waals surface area contributed by atoms with Crippen molar-refractivity contribution in [2.75, 3.05) is 26.2 Å². The van der Waals surface area contributed by atoms with E-state index in [9.17, 15) is 0 Å². The van der Waals surface area contributed by atoms with E-state index in [4.69, 9.17) is 34.1 Å². The van der Waals surface area contributed by atoms with Gasteiger partial charge in [0, 0.05) is 42.8 Å². The van der Waals surface area contributed by atoms with Gasteiger partial charge in [0.25, 0.3) is 0 Å². The zero-order valence-electron chi connectivity index (χ0n) is 12.0. The summed E-state index contributed by atoms with van der Waals surface area (Å²) < 4.78 is 0. The molecule has 0 bridgehead atoms. The molecule has 7 heteroatoms. The Balaban J connectivity index is 1.91. The molecule has 0 amide bonds. The molecular formula is C14H20Cl2N4O. The van der Waals surface area contributed by atoms with Gasteiger partial charge in [-0.1, -0.05) is 28.4 Å². The van der Waals surface area contributed by atoms with Crippen molar-refractivity contribution in [1.29, 1.82) is 0 Å². The normalized spacial score (nSPS) is 19.7. The van der Waals surface area contributed by atoms with Crippen molar-refractivity contribution >= 4 is 29.0 Å². The molecule has 1 aliphatic heterocycles. The van der Waals surface area contributed by atoms with Crippen LogP contribution >= 0.6 is 23.2 Å². The minimum Gasteiger partial charge on any atom is -0.409 e. The Morgan fingerprint density at radius 2 is 2.00 bits per heavy atom. The number of rotatable bonds is 4. The summed E-state index contributed by atoms with van der Waals surface area (Å²) in [7, 11) is 0. The molecule has 0 aromatic heterocycles. The number of nitrogens with two attached hydrogens (primary N) is 1. The number of oxime groups is 1. The van der Waals surface area contributed by atoms with Crippen molar-refractivity contribution in [3.63, 3.8) is 0 Å². The Kier molecular flexibility index (Phi) is 5.70. The Labute approximate surface area is 134 Å². The summed E-state index contributed by atoms with van der Waals surface area (Å²) in [6.45, 7) is 6.28. The first-order valence-corrected chi connectivity index (χ1v) is 7.64. The maximum absolute atomic E-state index is 8.74. The third kappa shape index (κ3) is 4.23. The third-order valence-electron chi connectivity index (χ3n) is 3.90. The van der Waals surface area contributed by atoms with Gasteiger partial charge in [0.15, 0.2) is 5.84 Å². The molecule has 1 atom stereocenters. The molecule has 0 saturated carbocycles. The molecule has 1 heterocycles. The van der Waals surface area contributed by atoms with Gasteiger partial charge in [-0.25, -0.2) is 0 Å². The fourth-order valence-corrected chi connectivity index (χ4v) is 2.86. The second kappa shape index (κ2) is 7.31. The first-order chi connectivity index (χ1) is 10.0. The monoisotopic (exact) mass is 330 g/mol. The van der Waals surface area contributed by atoms with Crippen LogP contribution in [0.15, 0.2) is 23.4 Å². The van der Waals surface area contributed by atoms with E-state index >= 15 is 0 Å². The highest BCUT2D eigenvalue weighted by molar-refractivity contribution is 6.33. The van der Waals surface area contributed by atoms with Crippen molar-refractivity contribution in [2.24, 2.45) is 10.9 Å². The smallest absolute Gasteiger partial charge is 0.156 e. The maximum Gasteiger partial charge on any atom is 0.156 e. The molecule has 0 spiro atoms. The molecule has 0 aliphatic carbocycles. The Hall–Kier alpha value is -1.01. The van der Waals surface area contributed by atoms with Crippen LogP contribution in [-0.4, -0.2) is 53.1 Å². The third-order valence-corrected chi connectivity index (χ3v) is 4.50. The molecule has 5 nitrogen and oxygen atoms in total. The molecule has 1 aromatic carbocycles. The molecule has 1 unspecified atom stereocenters. The van der Waals surface area contributed by atoms with Gasteiger partial charge in [0.1, 0.15) is 0 Å². The molecule has 2 rings (SSSR count). The van der Waals surface area contributed by atoms with E-state index in [1.54, 1.807) is 6.07 Å². The van der Waals surface area contributed by atoms with Gasteiger partial charge in [-0.05, 0) is 30.7 Å². The highest BCUT2D eigenvalue weighted by Crippen LogP contribution is 2.22. The number of hydrogen-bond acceptors (Lipinski definition) is 4. The molecule has 0 radical (unpaired) electrons. The molecule has 1 aliphatic rings. The molecule has 21 heavy (non-hydrogen) atoms. The van der Waals surface area contributed by atoms with Crippen LogP contribution in [0.5, 0.6) is 0 Å². The second-order valence-corrected chi connectivity index (χ2v) is 6.09. The van der Waals surface area contributed by atoms with Crippen LogP contribution in [0.2, 0.25) is 10.0 Å². The minimum absolute atomic E-state index is 0.0492. The summed E-state index contributed by atoms with van der Waals surface area (Å²) in [4.78, 5) is 4.53. The summed E-state index contributed by atoms with van der Waals surface area (Å²) >= 11 is 12.2. The number of nitrogens with zero attached hydrogens (tertiary/aromatic N) is 3. The van der Waals surface area contributed by atoms with Crippen LogP contribution in [0, 0.1) is 0 Å². The summed E-state index contributed by atoms with van der Waals surface area (Å²) in [5.41, 5.74) is 6.70. The molecule has 1 aromatic rings. The maximum atomic E-state index is 8.74. The van der Waals surface area contributed by atoms with Gasteiger partial charge < -0.3 is 10.9 Å². The number of piperazine rings is 1. The average molecular weight is 331 g/mol. The van der Waals surface area contributed by atoms with E-state index in [0.29, 0.717) is 5.02 Å². The lowest BCUT2D eigenvalue weighted by Gasteiger charge is -2.37. The molecule has 3 N–H and O–H groups in total. The lowest BCUT2D eigenvalue weighted by Crippen LogP contribution is -2.52. The van der Waals surface area contributed by atoms with Gasteiger partial charge >= 0.3 is 0 Å². The fourth-order valence-electron chi connectivity index (χ4n) is 2.48. The Bertz CT molecular complexity index is 516. The topological polar surface area (TPSA) is 65.1 Å². The zero-order chi connectivity index (χ0) is 15.4. The number of hydrogen-bond donors (Lipinski definition) is 2. The van der Waals surface area contributed by atoms with Crippen molar-refractivity contribution in [3.05, 3.63) is 33.8 Å². The highest BCUT2D eigenvalue weighted by atomic mass is 35.5. The summed E-state index contributed by atoms with van der Waals surface area (Å²) in [6.07, 6.45) is 0. The van der Waals surface area contributed by atoms with Gasteiger partial charge in [-0.3, -0.25) is 9.80 Å². The van der Waals surface area contributed by atoms with Crippen molar-refractivity contribution in [1.82, 2.24) is 9.80 Å². The Morgan fingerprint density at radius 1 is 1.33 bits per heavy atom. The highest BCUT2D eigenvalue weighted by Gasteiger charge is 2.23. The standard InChI is InChI=1S/C14H20Cl2N4O/c1-10(14(17)18-21)20-6-4-19(5-7-20)9-11-8-12(15)2-3-13(11)16/h2-3,8,10,21H,4-7,9H2,1H3,(H2,17,18). The van der Waals surface area contributed by atoms with E-state index < -0.39 is 0 Å². The van der Waals surface area contributed by atoms with Crippen molar-refractivity contribution in [2.45, 2.75) is 19.5 Å².